The molecule has 2 rings (SSSR count). The van der Waals surface area contributed by atoms with Crippen LogP contribution in [0.1, 0.15) is 33.1 Å². The van der Waals surface area contributed by atoms with Crippen LogP contribution >= 0.6 is 0 Å². The van der Waals surface area contributed by atoms with Gasteiger partial charge in [-0.25, -0.2) is 0 Å². The van der Waals surface area contributed by atoms with Crippen molar-refractivity contribution in [3.63, 3.8) is 0 Å². The van der Waals surface area contributed by atoms with Gasteiger partial charge in [-0.2, -0.15) is 0 Å². The molecular weight excluding hydrogens is 268 g/mol. The summed E-state index contributed by atoms with van der Waals surface area (Å²) in [6.45, 7) is 5.90. The van der Waals surface area contributed by atoms with Gasteiger partial charge in [0.1, 0.15) is 0 Å². The first-order chi connectivity index (χ1) is 10.2. The van der Waals surface area contributed by atoms with E-state index < -0.39 is 0 Å². The molecule has 0 aromatic heterocycles. The molecule has 1 fully saturated rings. The summed E-state index contributed by atoms with van der Waals surface area (Å²) < 4.78 is 11.1. The Morgan fingerprint density at radius 2 is 2.00 bits per heavy atom. The summed E-state index contributed by atoms with van der Waals surface area (Å²) >= 11 is 0. The van der Waals surface area contributed by atoms with Gasteiger partial charge in [-0.3, -0.25) is 4.79 Å². The first-order valence-corrected chi connectivity index (χ1v) is 7.68. The van der Waals surface area contributed by atoms with E-state index in [1.165, 1.54) is 0 Å². The van der Waals surface area contributed by atoms with Crippen LogP contribution in [0.5, 0.6) is 11.5 Å². The van der Waals surface area contributed by atoms with Crippen LogP contribution in [0.4, 0.5) is 5.69 Å². The van der Waals surface area contributed by atoms with Crippen LogP contribution < -0.4 is 20.1 Å². The molecule has 0 aliphatic carbocycles. The summed E-state index contributed by atoms with van der Waals surface area (Å²) in [5.41, 5.74) is 0.735. The number of carbonyl (C=O) groups excluding carboxylic acids is 1. The molecule has 0 bridgehead atoms. The van der Waals surface area contributed by atoms with Crippen LogP contribution in [-0.4, -0.2) is 31.7 Å². The van der Waals surface area contributed by atoms with Crippen molar-refractivity contribution in [2.75, 3.05) is 25.1 Å². The fraction of sp³-hybridized carbons (Fsp3) is 0.562. The van der Waals surface area contributed by atoms with Crippen LogP contribution in [0.2, 0.25) is 0 Å². The third-order valence-electron chi connectivity index (χ3n) is 3.44. The van der Waals surface area contributed by atoms with Gasteiger partial charge in [0.2, 0.25) is 5.91 Å². The number of ether oxygens (including phenoxy) is 2. The third kappa shape index (κ3) is 4.36. The van der Waals surface area contributed by atoms with Crippen molar-refractivity contribution >= 4 is 11.6 Å². The van der Waals surface area contributed by atoms with Gasteiger partial charge in [0, 0.05) is 11.8 Å². The molecule has 0 radical (unpaired) electrons. The second kappa shape index (κ2) is 7.88. The molecule has 1 aliphatic heterocycles. The summed E-state index contributed by atoms with van der Waals surface area (Å²) in [4.78, 5) is 12.2. The van der Waals surface area contributed by atoms with Crippen LogP contribution in [0.3, 0.4) is 0 Å². The highest BCUT2D eigenvalue weighted by Crippen LogP contribution is 2.30. The lowest BCUT2D eigenvalue weighted by molar-refractivity contribution is -0.118. The van der Waals surface area contributed by atoms with Crippen molar-refractivity contribution in [1.29, 1.82) is 0 Å². The highest BCUT2D eigenvalue weighted by atomic mass is 16.5. The Kier molecular flexibility index (Phi) is 5.87. The van der Waals surface area contributed by atoms with E-state index in [1.807, 2.05) is 32.0 Å². The van der Waals surface area contributed by atoms with Crippen molar-refractivity contribution in [3.8, 4) is 11.5 Å². The molecule has 116 valence electrons. The zero-order valence-corrected chi connectivity index (χ0v) is 12.8. The minimum Gasteiger partial charge on any atom is -0.490 e. The smallest absolute Gasteiger partial charge is 0.241 e. The number of rotatable bonds is 6. The lowest BCUT2D eigenvalue weighted by atomic mass is 10.0. The Labute approximate surface area is 126 Å². The van der Waals surface area contributed by atoms with Gasteiger partial charge >= 0.3 is 0 Å². The van der Waals surface area contributed by atoms with Crippen molar-refractivity contribution in [2.45, 2.75) is 39.2 Å². The van der Waals surface area contributed by atoms with E-state index in [2.05, 4.69) is 10.6 Å². The quantitative estimate of drug-likeness (QED) is 0.846. The molecule has 5 heteroatoms. The van der Waals surface area contributed by atoms with E-state index in [9.17, 15) is 4.79 Å². The number of nitrogens with one attached hydrogen (secondary N) is 2. The Morgan fingerprint density at radius 1 is 1.24 bits per heavy atom. The first-order valence-electron chi connectivity index (χ1n) is 7.68. The number of carbonyl (C=O) groups is 1. The lowest BCUT2D eigenvalue weighted by Gasteiger charge is -2.22. The van der Waals surface area contributed by atoms with Gasteiger partial charge in [0.05, 0.1) is 19.3 Å². The van der Waals surface area contributed by atoms with Crippen molar-refractivity contribution < 1.29 is 14.3 Å². The van der Waals surface area contributed by atoms with Crippen LogP contribution in [0.15, 0.2) is 18.2 Å². The Bertz CT molecular complexity index is 471. The molecule has 1 aromatic carbocycles. The molecule has 1 aromatic rings. The van der Waals surface area contributed by atoms with E-state index >= 15 is 0 Å². The topological polar surface area (TPSA) is 59.6 Å². The maximum Gasteiger partial charge on any atom is 0.241 e. The number of piperidine rings is 1. The monoisotopic (exact) mass is 292 g/mol. The molecule has 1 atom stereocenters. The van der Waals surface area contributed by atoms with Gasteiger partial charge in [-0.1, -0.05) is 6.42 Å². The van der Waals surface area contributed by atoms with E-state index in [1.54, 1.807) is 0 Å². The van der Waals surface area contributed by atoms with Gasteiger partial charge in [-0.15, -0.1) is 0 Å². The normalized spacial score (nSPS) is 18.1. The molecule has 2 N–H and O–H groups in total. The molecule has 1 saturated heterocycles. The molecular formula is C16H24N2O3. The summed E-state index contributed by atoms with van der Waals surface area (Å²) in [6, 6.07) is 5.39. The highest BCUT2D eigenvalue weighted by molar-refractivity contribution is 5.95. The van der Waals surface area contributed by atoms with Crippen molar-refractivity contribution in [2.24, 2.45) is 0 Å². The third-order valence-corrected chi connectivity index (χ3v) is 3.44. The van der Waals surface area contributed by atoms with Crippen molar-refractivity contribution in [1.82, 2.24) is 5.32 Å². The minimum absolute atomic E-state index is 0.0151. The number of amides is 1. The fourth-order valence-electron chi connectivity index (χ4n) is 2.43. The van der Waals surface area contributed by atoms with Crippen LogP contribution in [0.25, 0.3) is 0 Å². The van der Waals surface area contributed by atoms with E-state index in [4.69, 9.17) is 9.47 Å². The zero-order chi connectivity index (χ0) is 15.1. The number of hydrogen-bond donors (Lipinski definition) is 2. The van der Waals surface area contributed by atoms with Gasteiger partial charge in [0.15, 0.2) is 11.5 Å². The molecule has 1 amide bonds. The zero-order valence-electron chi connectivity index (χ0n) is 12.8. The number of benzene rings is 1. The fourth-order valence-corrected chi connectivity index (χ4v) is 2.43. The summed E-state index contributed by atoms with van der Waals surface area (Å²) in [6.07, 6.45) is 3.13. The average molecular weight is 292 g/mol. The first kappa shape index (κ1) is 15.6. The van der Waals surface area contributed by atoms with E-state index in [-0.39, 0.29) is 11.9 Å². The lowest BCUT2D eigenvalue weighted by Crippen LogP contribution is -2.43. The van der Waals surface area contributed by atoms with Crippen LogP contribution in [-0.2, 0) is 4.79 Å². The molecule has 5 nitrogen and oxygen atoms in total. The van der Waals surface area contributed by atoms with Gasteiger partial charge in [0.25, 0.3) is 0 Å². The second-order valence-corrected chi connectivity index (χ2v) is 5.02. The Balaban J connectivity index is 2.05. The van der Waals surface area contributed by atoms with Crippen LogP contribution in [0, 0.1) is 0 Å². The van der Waals surface area contributed by atoms with Gasteiger partial charge < -0.3 is 20.1 Å². The SMILES string of the molecule is CCOc1ccc(NC(=O)C2CCCCN2)cc1OCC. The highest BCUT2D eigenvalue weighted by Gasteiger charge is 2.20. The number of anilines is 1. The molecule has 0 saturated carbocycles. The van der Waals surface area contributed by atoms with Gasteiger partial charge in [-0.05, 0) is 45.4 Å². The standard InChI is InChI=1S/C16H24N2O3/c1-3-20-14-9-8-12(11-15(14)21-4-2)18-16(19)13-7-5-6-10-17-13/h8-9,11,13,17H,3-7,10H2,1-2H3,(H,18,19). The predicted octanol–water partition coefficient (Wildman–Crippen LogP) is 2.56. The summed E-state index contributed by atoms with van der Waals surface area (Å²) in [7, 11) is 0. The number of hydrogen-bond acceptors (Lipinski definition) is 4. The average Bonchev–Trinajstić information content (AvgIpc) is 2.51. The Hall–Kier alpha value is -1.75. The molecule has 1 aliphatic rings. The Morgan fingerprint density at radius 3 is 2.67 bits per heavy atom. The summed E-state index contributed by atoms with van der Waals surface area (Å²) in [5, 5.41) is 6.19. The summed E-state index contributed by atoms with van der Waals surface area (Å²) in [5.74, 6) is 1.38. The minimum atomic E-state index is -0.0964. The largest absolute Gasteiger partial charge is 0.490 e. The maximum absolute atomic E-state index is 12.2. The molecule has 1 unspecified atom stereocenters. The molecule has 21 heavy (non-hydrogen) atoms. The van der Waals surface area contributed by atoms with E-state index in [0.29, 0.717) is 24.7 Å². The van der Waals surface area contributed by atoms with Crippen molar-refractivity contribution in [3.05, 3.63) is 18.2 Å². The maximum atomic E-state index is 12.2. The molecule has 0 spiro atoms. The molecule has 1 heterocycles. The predicted molar refractivity (Wildman–Crippen MR) is 83.1 cm³/mol. The van der Waals surface area contributed by atoms with E-state index in [0.717, 1.165) is 31.5 Å². The second-order valence-electron chi connectivity index (χ2n) is 5.02.